The summed E-state index contributed by atoms with van der Waals surface area (Å²) in [6.07, 6.45) is 9.93. The first kappa shape index (κ1) is 30.2. The molecule has 4 rings (SSSR count). The molecule has 3 N–H and O–H groups in total. The van der Waals surface area contributed by atoms with Crippen LogP contribution >= 0.6 is 0 Å². The Bertz CT molecular complexity index is 1190. The van der Waals surface area contributed by atoms with Crippen LogP contribution in [0, 0.1) is 23.2 Å². The molecule has 6 heteroatoms. The van der Waals surface area contributed by atoms with Gasteiger partial charge in [0, 0.05) is 6.42 Å². The number of rotatable bonds is 8. The molecule has 3 saturated carbocycles. The van der Waals surface area contributed by atoms with E-state index in [1.54, 1.807) is 38.1 Å². The molecule has 0 radical (unpaired) electrons. The molecule has 3 aliphatic rings. The van der Waals surface area contributed by atoms with Gasteiger partial charge in [-0.25, -0.2) is 8.42 Å². The van der Waals surface area contributed by atoms with Crippen molar-refractivity contribution in [3.63, 3.8) is 0 Å². The Kier molecular flexibility index (Phi) is 9.02. The number of hydrogen-bond donors (Lipinski definition) is 3. The number of aliphatic hydroxyl groups is 3. The van der Waals surface area contributed by atoms with Crippen LogP contribution in [0.3, 0.4) is 0 Å². The average Bonchev–Trinajstić information content (AvgIpc) is 3.22. The number of fused-ring (bicyclic) bond motifs is 1. The summed E-state index contributed by atoms with van der Waals surface area (Å²) in [6, 6.07) is 8.79. The quantitative estimate of drug-likeness (QED) is 0.357. The molecule has 3 aliphatic carbocycles. The van der Waals surface area contributed by atoms with Gasteiger partial charge in [0.15, 0.2) is 9.84 Å². The van der Waals surface area contributed by atoms with Crippen molar-refractivity contribution < 1.29 is 23.7 Å². The third-order valence-corrected chi connectivity index (χ3v) is 12.4. The van der Waals surface area contributed by atoms with Gasteiger partial charge in [-0.3, -0.25) is 0 Å². The lowest BCUT2D eigenvalue weighted by molar-refractivity contribution is 0.0605. The highest BCUT2D eigenvalue weighted by Gasteiger charge is 2.53. The molecule has 0 amide bonds. The van der Waals surface area contributed by atoms with E-state index >= 15 is 0 Å². The Hall–Kier alpha value is -1.73. The Morgan fingerprint density at radius 2 is 1.85 bits per heavy atom. The Balaban J connectivity index is 1.62. The van der Waals surface area contributed by atoms with Crippen molar-refractivity contribution in [3.05, 3.63) is 65.8 Å². The number of hydrogen-bond acceptors (Lipinski definition) is 5. The maximum atomic E-state index is 14.0. The van der Waals surface area contributed by atoms with Gasteiger partial charge in [0.05, 0.1) is 28.0 Å². The van der Waals surface area contributed by atoms with Crippen LogP contribution < -0.4 is 0 Å². The van der Waals surface area contributed by atoms with Crippen molar-refractivity contribution in [1.29, 1.82) is 0 Å². The molecular formula is C33H48O5S. The van der Waals surface area contributed by atoms with E-state index in [0.29, 0.717) is 42.1 Å². The molecule has 0 aliphatic heterocycles. The predicted molar refractivity (Wildman–Crippen MR) is 157 cm³/mol. The van der Waals surface area contributed by atoms with Crippen molar-refractivity contribution in [2.75, 3.05) is 0 Å². The first-order valence-corrected chi connectivity index (χ1v) is 16.2. The maximum absolute atomic E-state index is 14.0. The van der Waals surface area contributed by atoms with E-state index in [2.05, 4.69) is 32.6 Å². The molecule has 5 nitrogen and oxygen atoms in total. The zero-order valence-electron chi connectivity index (χ0n) is 24.1. The molecule has 1 unspecified atom stereocenters. The molecule has 0 saturated heterocycles. The van der Waals surface area contributed by atoms with Crippen LogP contribution in [0.1, 0.15) is 85.5 Å². The molecule has 7 atom stereocenters. The van der Waals surface area contributed by atoms with Crippen molar-refractivity contribution in [1.82, 2.24) is 0 Å². The topological polar surface area (TPSA) is 94.8 Å². The fourth-order valence-corrected chi connectivity index (χ4v) is 9.92. The van der Waals surface area contributed by atoms with Crippen LogP contribution in [0.25, 0.3) is 0 Å². The second-order valence-electron chi connectivity index (χ2n) is 13.3. The maximum Gasteiger partial charge on any atom is 0.181 e. The minimum absolute atomic E-state index is 0.00377. The predicted octanol–water partition coefficient (Wildman–Crippen LogP) is 6.16. The lowest BCUT2D eigenvalue weighted by Crippen LogP contribution is -2.42. The van der Waals surface area contributed by atoms with E-state index in [4.69, 9.17) is 0 Å². The molecule has 1 aromatic rings. The molecule has 0 heterocycles. The number of benzene rings is 1. The van der Waals surface area contributed by atoms with E-state index < -0.39 is 32.9 Å². The van der Waals surface area contributed by atoms with Crippen molar-refractivity contribution in [2.24, 2.45) is 23.2 Å². The molecule has 0 spiro atoms. The summed E-state index contributed by atoms with van der Waals surface area (Å²) >= 11 is 0. The third kappa shape index (κ3) is 6.45. The molecule has 1 aromatic carbocycles. The highest BCUT2D eigenvalue weighted by Crippen LogP contribution is 2.60. The standard InChI is InChI=1S/C33H48O5S/c1-22-25(20-26(34)21-30(22)35)14-13-24-10-9-18-33(5)28(15-16-29(24)33)23(2)31(17-19-32(3,4)36)39(37,38)27-11-7-6-8-12-27/h6-8,11-14,23,26,28-31,34-36H,1,9-10,15-21H2,2-5H3/t23-,26+,28+,29-,30-,31?,33+/m0/s1. The van der Waals surface area contributed by atoms with Crippen LogP contribution in [0.15, 0.2) is 70.7 Å². The summed E-state index contributed by atoms with van der Waals surface area (Å²) in [5, 5.41) is 30.3. The van der Waals surface area contributed by atoms with Crippen molar-refractivity contribution in [2.45, 2.75) is 113 Å². The smallest absolute Gasteiger partial charge is 0.181 e. The average molecular weight is 557 g/mol. The van der Waals surface area contributed by atoms with Crippen LogP contribution in [0.2, 0.25) is 0 Å². The Labute approximate surface area is 235 Å². The Morgan fingerprint density at radius 3 is 2.51 bits per heavy atom. The highest BCUT2D eigenvalue weighted by atomic mass is 32.2. The minimum atomic E-state index is -3.57. The van der Waals surface area contributed by atoms with Gasteiger partial charge in [0.2, 0.25) is 0 Å². The summed E-state index contributed by atoms with van der Waals surface area (Å²) in [7, 11) is -3.57. The molecule has 3 fully saturated rings. The zero-order valence-corrected chi connectivity index (χ0v) is 25.0. The van der Waals surface area contributed by atoms with Crippen LogP contribution in [0.4, 0.5) is 0 Å². The lowest BCUT2D eigenvalue weighted by atomic mass is 9.60. The molecular weight excluding hydrogens is 508 g/mol. The summed E-state index contributed by atoms with van der Waals surface area (Å²) in [6.45, 7) is 12.1. The zero-order chi connectivity index (χ0) is 28.6. The van der Waals surface area contributed by atoms with Gasteiger partial charge in [-0.1, -0.05) is 56.4 Å². The fraction of sp³-hybridized carbons (Fsp3) is 0.636. The van der Waals surface area contributed by atoms with Gasteiger partial charge in [-0.2, -0.15) is 0 Å². The van der Waals surface area contributed by atoms with E-state index in [0.717, 1.165) is 37.7 Å². The molecule has 0 bridgehead atoms. The highest BCUT2D eigenvalue weighted by molar-refractivity contribution is 7.92. The normalized spacial score (nSPS) is 33.8. The summed E-state index contributed by atoms with van der Waals surface area (Å²) in [4.78, 5) is 0.366. The second-order valence-corrected chi connectivity index (χ2v) is 15.4. The first-order chi connectivity index (χ1) is 18.2. The monoisotopic (exact) mass is 556 g/mol. The Morgan fingerprint density at radius 1 is 1.15 bits per heavy atom. The van der Waals surface area contributed by atoms with Crippen molar-refractivity contribution >= 4 is 9.84 Å². The van der Waals surface area contributed by atoms with Gasteiger partial charge in [0.25, 0.3) is 0 Å². The number of allylic oxidation sites excluding steroid dienone is 3. The summed E-state index contributed by atoms with van der Waals surface area (Å²) in [5.41, 5.74) is 2.10. The van der Waals surface area contributed by atoms with Gasteiger partial charge in [-0.15, -0.1) is 0 Å². The van der Waals surface area contributed by atoms with Crippen LogP contribution in [-0.4, -0.2) is 46.8 Å². The summed E-state index contributed by atoms with van der Waals surface area (Å²) in [5.74, 6) is 0.600. The lowest BCUT2D eigenvalue weighted by Gasteiger charge is -2.46. The largest absolute Gasteiger partial charge is 0.393 e. The van der Waals surface area contributed by atoms with E-state index in [9.17, 15) is 23.7 Å². The molecule has 216 valence electrons. The van der Waals surface area contributed by atoms with Gasteiger partial charge < -0.3 is 15.3 Å². The molecule has 0 aromatic heterocycles. The number of aliphatic hydroxyl groups excluding tert-OH is 2. The van der Waals surface area contributed by atoms with Crippen molar-refractivity contribution in [3.8, 4) is 0 Å². The van der Waals surface area contributed by atoms with Gasteiger partial charge in [-0.05, 0) is 112 Å². The van der Waals surface area contributed by atoms with E-state index in [1.165, 1.54) is 5.57 Å². The van der Waals surface area contributed by atoms with Gasteiger partial charge in [0.1, 0.15) is 0 Å². The third-order valence-electron chi connectivity index (χ3n) is 10.0. The van der Waals surface area contributed by atoms with Crippen LogP contribution in [0.5, 0.6) is 0 Å². The SMILES string of the molecule is C=C1C(=CC=C2CCC[C@]3(C)[C@@H]([C@H](C)C(CCC(C)(C)O)S(=O)(=O)c4ccccc4)CC[C@@H]23)C[C@@H](O)C[C@@H]1O. The fourth-order valence-electron chi connectivity index (χ4n) is 7.85. The van der Waals surface area contributed by atoms with E-state index in [1.807, 2.05) is 6.07 Å². The summed E-state index contributed by atoms with van der Waals surface area (Å²) < 4.78 is 28.0. The second kappa shape index (κ2) is 11.6. The van der Waals surface area contributed by atoms with E-state index in [-0.39, 0.29) is 17.3 Å². The van der Waals surface area contributed by atoms with Gasteiger partial charge >= 0.3 is 0 Å². The molecule has 39 heavy (non-hydrogen) atoms. The minimum Gasteiger partial charge on any atom is -0.393 e. The first-order valence-electron chi connectivity index (χ1n) is 14.7. The number of sulfone groups is 1. The van der Waals surface area contributed by atoms with Crippen LogP contribution in [-0.2, 0) is 9.84 Å².